The van der Waals surface area contributed by atoms with Gasteiger partial charge in [-0.2, -0.15) is 5.26 Å². The number of nitrogens with zero attached hydrogens (tertiary/aromatic N) is 3. The molecule has 0 atom stereocenters. The fraction of sp³-hybridized carbons (Fsp3) is 0.100. The lowest BCUT2D eigenvalue weighted by molar-refractivity contribution is -0.114. The predicted octanol–water partition coefficient (Wildman–Crippen LogP) is 4.50. The Morgan fingerprint density at radius 3 is 2.64 bits per heavy atom. The molecule has 28 heavy (non-hydrogen) atoms. The van der Waals surface area contributed by atoms with Gasteiger partial charge in [0.1, 0.15) is 17.5 Å². The molecule has 0 unspecified atom stereocenters. The number of nitrogens with two attached hydrogens (primary N) is 1. The van der Waals surface area contributed by atoms with Gasteiger partial charge in [0.15, 0.2) is 5.16 Å². The minimum Gasteiger partial charge on any atom is -0.382 e. The molecule has 3 N–H and O–H groups in total. The van der Waals surface area contributed by atoms with Crippen LogP contribution >= 0.6 is 23.4 Å². The van der Waals surface area contributed by atoms with E-state index in [1.807, 2.05) is 24.3 Å². The summed E-state index contributed by atoms with van der Waals surface area (Å²) < 4.78 is 0. The van der Waals surface area contributed by atoms with Gasteiger partial charge in [-0.25, -0.2) is 9.97 Å². The van der Waals surface area contributed by atoms with Gasteiger partial charge in [0, 0.05) is 29.0 Å². The molecule has 8 heteroatoms. The van der Waals surface area contributed by atoms with Gasteiger partial charge in [-0.1, -0.05) is 47.6 Å². The zero-order valence-electron chi connectivity index (χ0n) is 14.9. The van der Waals surface area contributed by atoms with Gasteiger partial charge in [0.05, 0.1) is 5.69 Å². The summed E-state index contributed by atoms with van der Waals surface area (Å²) in [4.78, 5) is 19.9. The van der Waals surface area contributed by atoms with E-state index in [9.17, 15) is 10.1 Å². The molecule has 0 bridgehead atoms. The van der Waals surface area contributed by atoms with E-state index in [1.54, 1.807) is 24.3 Å². The van der Waals surface area contributed by atoms with E-state index in [2.05, 4.69) is 21.4 Å². The number of nitrogen functional groups attached to an aromatic ring is 1. The minimum absolute atomic E-state index is 0.132. The number of carbonyl (C=O) groups is 1. The fourth-order valence-electron chi connectivity index (χ4n) is 2.53. The Balaban J connectivity index is 1.90. The molecule has 2 aromatic carbocycles. The number of anilines is 2. The fourth-order valence-corrected chi connectivity index (χ4v) is 3.54. The molecule has 0 fully saturated rings. The van der Waals surface area contributed by atoms with Crippen molar-refractivity contribution in [2.75, 3.05) is 11.1 Å². The molecule has 0 saturated heterocycles. The van der Waals surface area contributed by atoms with E-state index >= 15 is 0 Å². The highest BCUT2D eigenvalue weighted by atomic mass is 35.5. The lowest BCUT2D eigenvalue weighted by Gasteiger charge is -2.10. The second-order valence-corrected chi connectivity index (χ2v) is 7.28. The van der Waals surface area contributed by atoms with Gasteiger partial charge in [-0.05, 0) is 29.8 Å². The summed E-state index contributed by atoms with van der Waals surface area (Å²) in [6.07, 6.45) is 0. The highest BCUT2D eigenvalue weighted by Crippen LogP contribution is 2.30. The lowest BCUT2D eigenvalue weighted by Crippen LogP contribution is -2.05. The summed E-state index contributed by atoms with van der Waals surface area (Å²) in [7, 11) is 0. The third kappa shape index (κ3) is 4.80. The molecule has 140 valence electrons. The SMILES string of the molecule is CC(=O)Nc1ccc(-c2nc(SCc3cccc(Cl)c3)nc(N)c2C#N)cc1. The largest absolute Gasteiger partial charge is 0.382 e. The van der Waals surface area contributed by atoms with E-state index in [0.29, 0.717) is 32.9 Å². The molecular weight excluding hydrogens is 394 g/mol. The number of halogens is 1. The van der Waals surface area contributed by atoms with Crippen LogP contribution in [0, 0.1) is 11.3 Å². The highest BCUT2D eigenvalue weighted by Gasteiger charge is 2.15. The summed E-state index contributed by atoms with van der Waals surface area (Å²) in [6, 6.07) is 16.7. The normalized spacial score (nSPS) is 10.3. The van der Waals surface area contributed by atoms with Crippen molar-refractivity contribution in [1.29, 1.82) is 5.26 Å². The van der Waals surface area contributed by atoms with Crippen LogP contribution < -0.4 is 11.1 Å². The number of nitriles is 1. The van der Waals surface area contributed by atoms with Crippen LogP contribution in [0.5, 0.6) is 0 Å². The van der Waals surface area contributed by atoms with Crippen LogP contribution in [-0.4, -0.2) is 15.9 Å². The Kier molecular flexibility index (Phi) is 6.14. The molecule has 0 saturated carbocycles. The molecule has 3 aromatic rings. The maximum atomic E-state index is 11.2. The smallest absolute Gasteiger partial charge is 0.221 e. The number of nitrogens with one attached hydrogen (secondary N) is 1. The number of benzene rings is 2. The molecule has 1 amide bonds. The monoisotopic (exact) mass is 409 g/mol. The first kappa shape index (κ1) is 19.7. The van der Waals surface area contributed by atoms with E-state index in [1.165, 1.54) is 18.7 Å². The van der Waals surface area contributed by atoms with E-state index in [4.69, 9.17) is 17.3 Å². The van der Waals surface area contributed by atoms with Crippen LogP contribution in [-0.2, 0) is 10.5 Å². The summed E-state index contributed by atoms with van der Waals surface area (Å²) in [5, 5.41) is 13.3. The van der Waals surface area contributed by atoms with Crippen molar-refractivity contribution in [2.45, 2.75) is 17.8 Å². The van der Waals surface area contributed by atoms with Crippen LogP contribution in [0.15, 0.2) is 53.7 Å². The number of hydrogen-bond donors (Lipinski definition) is 2. The molecule has 0 radical (unpaired) electrons. The van der Waals surface area contributed by atoms with E-state index in [0.717, 1.165) is 5.56 Å². The first-order valence-corrected chi connectivity index (χ1v) is 9.65. The summed E-state index contributed by atoms with van der Waals surface area (Å²) >= 11 is 7.43. The van der Waals surface area contributed by atoms with Gasteiger partial charge < -0.3 is 11.1 Å². The molecule has 0 spiro atoms. The molecule has 0 aliphatic carbocycles. The zero-order valence-corrected chi connectivity index (χ0v) is 16.5. The zero-order chi connectivity index (χ0) is 20.1. The van der Waals surface area contributed by atoms with Crippen molar-refractivity contribution >= 4 is 40.8 Å². The van der Waals surface area contributed by atoms with Crippen LogP contribution in [0.25, 0.3) is 11.3 Å². The molecule has 3 rings (SSSR count). The molecular formula is C20H16ClN5OS. The number of carbonyl (C=O) groups excluding carboxylic acids is 1. The quantitative estimate of drug-likeness (QED) is 0.474. The maximum Gasteiger partial charge on any atom is 0.221 e. The number of thioether (sulfide) groups is 1. The Bertz CT molecular complexity index is 1060. The Morgan fingerprint density at radius 2 is 2.00 bits per heavy atom. The molecule has 1 aromatic heterocycles. The molecule has 0 aliphatic heterocycles. The number of aromatic nitrogens is 2. The standard InChI is InChI=1S/C20H16ClN5OS/c1-12(27)24-16-7-5-14(6-8-16)18-17(10-22)19(23)26-20(25-18)28-11-13-3-2-4-15(21)9-13/h2-9H,11H2,1H3,(H,24,27)(H2,23,25,26). The van der Waals surface area contributed by atoms with Gasteiger partial charge in [0.25, 0.3) is 0 Å². The van der Waals surface area contributed by atoms with E-state index in [-0.39, 0.29) is 17.3 Å². The van der Waals surface area contributed by atoms with Gasteiger partial charge in [-0.15, -0.1) is 0 Å². The minimum atomic E-state index is -0.156. The number of amides is 1. The van der Waals surface area contributed by atoms with Crippen molar-refractivity contribution in [2.24, 2.45) is 0 Å². The lowest BCUT2D eigenvalue weighted by atomic mass is 10.1. The molecule has 6 nitrogen and oxygen atoms in total. The second kappa shape index (κ2) is 8.74. The van der Waals surface area contributed by atoms with Crippen LogP contribution in [0.2, 0.25) is 5.02 Å². The van der Waals surface area contributed by atoms with Crippen molar-refractivity contribution < 1.29 is 4.79 Å². The van der Waals surface area contributed by atoms with Crippen LogP contribution in [0.3, 0.4) is 0 Å². The Hall–Kier alpha value is -3.08. The molecule has 1 heterocycles. The third-order valence-corrected chi connectivity index (χ3v) is 4.92. The Morgan fingerprint density at radius 1 is 1.25 bits per heavy atom. The van der Waals surface area contributed by atoms with Crippen LogP contribution in [0.1, 0.15) is 18.1 Å². The van der Waals surface area contributed by atoms with Crippen molar-refractivity contribution in [3.8, 4) is 17.3 Å². The van der Waals surface area contributed by atoms with Crippen molar-refractivity contribution in [3.05, 3.63) is 64.7 Å². The third-order valence-electron chi connectivity index (χ3n) is 3.76. The number of rotatable bonds is 5. The van der Waals surface area contributed by atoms with Gasteiger partial charge in [0.2, 0.25) is 5.91 Å². The summed E-state index contributed by atoms with van der Waals surface area (Å²) in [5.74, 6) is 0.593. The Labute approximate surface area is 171 Å². The second-order valence-electron chi connectivity index (χ2n) is 5.90. The summed E-state index contributed by atoms with van der Waals surface area (Å²) in [5.41, 5.74) is 9.08. The van der Waals surface area contributed by atoms with Crippen molar-refractivity contribution in [1.82, 2.24) is 9.97 Å². The number of hydrogen-bond acceptors (Lipinski definition) is 6. The maximum absolute atomic E-state index is 11.2. The van der Waals surface area contributed by atoms with Gasteiger partial charge in [-0.3, -0.25) is 4.79 Å². The molecule has 0 aliphatic rings. The first-order chi connectivity index (χ1) is 13.5. The van der Waals surface area contributed by atoms with E-state index < -0.39 is 0 Å². The average Bonchev–Trinajstić information content (AvgIpc) is 2.66. The van der Waals surface area contributed by atoms with Crippen LogP contribution in [0.4, 0.5) is 11.5 Å². The predicted molar refractivity (Wildman–Crippen MR) is 112 cm³/mol. The van der Waals surface area contributed by atoms with Gasteiger partial charge >= 0.3 is 0 Å². The average molecular weight is 410 g/mol. The van der Waals surface area contributed by atoms with Crippen molar-refractivity contribution in [3.63, 3.8) is 0 Å². The highest BCUT2D eigenvalue weighted by molar-refractivity contribution is 7.98. The topological polar surface area (TPSA) is 105 Å². The first-order valence-electron chi connectivity index (χ1n) is 8.29. The summed E-state index contributed by atoms with van der Waals surface area (Å²) in [6.45, 7) is 1.44.